The van der Waals surface area contributed by atoms with E-state index in [2.05, 4.69) is 27.3 Å². The molecule has 0 aliphatic heterocycles. The second-order valence-corrected chi connectivity index (χ2v) is 5.78. The molecule has 1 aliphatic rings. The van der Waals surface area contributed by atoms with Crippen molar-refractivity contribution in [2.45, 2.75) is 25.3 Å². The summed E-state index contributed by atoms with van der Waals surface area (Å²) < 4.78 is 6.41. The number of hydrogen-bond acceptors (Lipinski definition) is 2. The highest BCUT2D eigenvalue weighted by Gasteiger charge is 2.22. The second-order valence-electron chi connectivity index (χ2n) is 4.52. The molecule has 0 radical (unpaired) electrons. The molecule has 1 N–H and O–H groups in total. The van der Waals surface area contributed by atoms with Crippen molar-refractivity contribution in [2.75, 3.05) is 5.32 Å². The molecule has 0 spiro atoms. The lowest BCUT2D eigenvalue weighted by Crippen LogP contribution is -2.15. The molecule has 0 saturated carbocycles. The summed E-state index contributed by atoms with van der Waals surface area (Å²) in [6.45, 7) is 0. The van der Waals surface area contributed by atoms with Gasteiger partial charge < -0.3 is 9.73 Å². The van der Waals surface area contributed by atoms with Crippen molar-refractivity contribution in [3.05, 3.63) is 51.3 Å². The molecule has 0 fully saturated rings. The third kappa shape index (κ3) is 2.29. The van der Waals surface area contributed by atoms with Gasteiger partial charge in [-0.2, -0.15) is 0 Å². The van der Waals surface area contributed by atoms with E-state index in [0.29, 0.717) is 6.04 Å². The van der Waals surface area contributed by atoms with E-state index in [9.17, 15) is 0 Å². The molecule has 2 nitrogen and oxygen atoms in total. The van der Waals surface area contributed by atoms with Crippen LogP contribution in [0.25, 0.3) is 0 Å². The Morgan fingerprint density at radius 1 is 1.33 bits per heavy atom. The standard InChI is InChI=1S/C14H13BrClNO/c15-11-5-4-9(8-12(11)16)17-13-2-1-3-14-10(13)6-7-18-14/h4-8,13,17H,1-3H2. The second kappa shape index (κ2) is 4.98. The van der Waals surface area contributed by atoms with Gasteiger partial charge in [0.25, 0.3) is 0 Å². The van der Waals surface area contributed by atoms with Gasteiger partial charge in [0, 0.05) is 22.1 Å². The number of furan rings is 1. The predicted molar refractivity (Wildman–Crippen MR) is 77.2 cm³/mol. The van der Waals surface area contributed by atoms with Crippen molar-refractivity contribution in [1.29, 1.82) is 0 Å². The van der Waals surface area contributed by atoms with Crippen LogP contribution >= 0.6 is 27.5 Å². The summed E-state index contributed by atoms with van der Waals surface area (Å²) in [4.78, 5) is 0. The van der Waals surface area contributed by atoms with Crippen molar-refractivity contribution >= 4 is 33.2 Å². The van der Waals surface area contributed by atoms with Gasteiger partial charge in [0.2, 0.25) is 0 Å². The molecule has 1 heterocycles. The van der Waals surface area contributed by atoms with Gasteiger partial charge in [0.15, 0.2) is 0 Å². The van der Waals surface area contributed by atoms with E-state index in [-0.39, 0.29) is 0 Å². The lowest BCUT2D eigenvalue weighted by Gasteiger charge is -2.24. The average molecular weight is 327 g/mol. The van der Waals surface area contributed by atoms with Crippen LogP contribution in [0, 0.1) is 0 Å². The zero-order valence-electron chi connectivity index (χ0n) is 9.75. The third-order valence-electron chi connectivity index (χ3n) is 3.31. The summed E-state index contributed by atoms with van der Waals surface area (Å²) in [7, 11) is 0. The molecule has 2 aromatic rings. The van der Waals surface area contributed by atoms with E-state index in [0.717, 1.165) is 40.2 Å². The third-order valence-corrected chi connectivity index (χ3v) is 4.54. The minimum atomic E-state index is 0.324. The first-order chi connectivity index (χ1) is 8.74. The quantitative estimate of drug-likeness (QED) is 0.822. The molecule has 1 aromatic carbocycles. The van der Waals surface area contributed by atoms with Crippen molar-refractivity contribution < 1.29 is 4.42 Å². The molecule has 0 bridgehead atoms. The molecule has 18 heavy (non-hydrogen) atoms. The summed E-state index contributed by atoms with van der Waals surface area (Å²) >= 11 is 9.50. The summed E-state index contributed by atoms with van der Waals surface area (Å²) in [5.74, 6) is 1.11. The van der Waals surface area contributed by atoms with Gasteiger partial charge >= 0.3 is 0 Å². The molecule has 4 heteroatoms. The van der Waals surface area contributed by atoms with Crippen molar-refractivity contribution in [2.24, 2.45) is 0 Å². The number of hydrogen-bond donors (Lipinski definition) is 1. The van der Waals surface area contributed by atoms with Gasteiger partial charge in [0.05, 0.1) is 17.3 Å². The summed E-state index contributed by atoms with van der Waals surface area (Å²) in [6, 6.07) is 8.32. The van der Waals surface area contributed by atoms with E-state index in [1.165, 1.54) is 5.56 Å². The van der Waals surface area contributed by atoms with Gasteiger partial charge in [-0.05, 0) is 53.0 Å². The fourth-order valence-electron chi connectivity index (χ4n) is 2.42. The molecule has 1 atom stereocenters. The smallest absolute Gasteiger partial charge is 0.109 e. The molecule has 1 aliphatic carbocycles. The van der Waals surface area contributed by atoms with Crippen molar-refractivity contribution in [3.63, 3.8) is 0 Å². The summed E-state index contributed by atoms with van der Waals surface area (Å²) in [6.07, 6.45) is 5.10. The van der Waals surface area contributed by atoms with Crippen LogP contribution in [0.4, 0.5) is 5.69 Å². The molecular formula is C14H13BrClNO. The van der Waals surface area contributed by atoms with Crippen molar-refractivity contribution in [1.82, 2.24) is 0 Å². The Labute approximate surface area is 119 Å². The number of aryl methyl sites for hydroxylation is 1. The van der Waals surface area contributed by atoms with E-state index < -0.39 is 0 Å². The molecule has 0 saturated heterocycles. The number of nitrogens with one attached hydrogen (secondary N) is 1. The van der Waals surface area contributed by atoms with E-state index in [4.69, 9.17) is 16.0 Å². The van der Waals surface area contributed by atoms with Crippen LogP contribution in [0.2, 0.25) is 5.02 Å². The van der Waals surface area contributed by atoms with Crippen LogP contribution < -0.4 is 5.32 Å². The molecule has 94 valence electrons. The Morgan fingerprint density at radius 3 is 3.06 bits per heavy atom. The van der Waals surface area contributed by atoms with Crippen LogP contribution in [0.5, 0.6) is 0 Å². The van der Waals surface area contributed by atoms with Gasteiger partial charge in [-0.3, -0.25) is 0 Å². The number of fused-ring (bicyclic) bond motifs is 1. The molecule has 3 rings (SSSR count). The number of rotatable bonds is 2. The predicted octanol–water partition coefficient (Wildman–Crippen LogP) is 5.19. The lowest BCUT2D eigenvalue weighted by molar-refractivity contribution is 0.461. The zero-order chi connectivity index (χ0) is 12.5. The topological polar surface area (TPSA) is 25.2 Å². The van der Waals surface area contributed by atoms with Crippen LogP contribution in [-0.4, -0.2) is 0 Å². The largest absolute Gasteiger partial charge is 0.469 e. The number of anilines is 1. The van der Waals surface area contributed by atoms with Crippen LogP contribution in [0.3, 0.4) is 0 Å². The first-order valence-electron chi connectivity index (χ1n) is 6.02. The Bertz CT molecular complexity index is 567. The van der Waals surface area contributed by atoms with Gasteiger partial charge in [-0.15, -0.1) is 0 Å². The maximum atomic E-state index is 6.11. The minimum absolute atomic E-state index is 0.324. The van der Waals surface area contributed by atoms with Crippen LogP contribution in [0.1, 0.15) is 30.2 Å². The Morgan fingerprint density at radius 2 is 2.22 bits per heavy atom. The van der Waals surface area contributed by atoms with E-state index >= 15 is 0 Å². The maximum absolute atomic E-state index is 6.11. The number of benzene rings is 1. The van der Waals surface area contributed by atoms with E-state index in [1.54, 1.807) is 6.26 Å². The lowest BCUT2D eigenvalue weighted by atomic mass is 9.93. The maximum Gasteiger partial charge on any atom is 0.109 e. The molecular weight excluding hydrogens is 314 g/mol. The first kappa shape index (κ1) is 12.1. The van der Waals surface area contributed by atoms with Gasteiger partial charge in [-0.1, -0.05) is 11.6 Å². The minimum Gasteiger partial charge on any atom is -0.469 e. The Kier molecular flexibility index (Phi) is 3.35. The van der Waals surface area contributed by atoms with E-state index in [1.807, 2.05) is 18.2 Å². The first-order valence-corrected chi connectivity index (χ1v) is 7.19. The Balaban J connectivity index is 1.84. The molecule has 1 unspecified atom stereocenters. The van der Waals surface area contributed by atoms with Crippen LogP contribution in [0.15, 0.2) is 39.4 Å². The highest BCUT2D eigenvalue weighted by atomic mass is 79.9. The highest BCUT2D eigenvalue weighted by Crippen LogP contribution is 2.34. The monoisotopic (exact) mass is 325 g/mol. The molecule has 0 amide bonds. The normalized spacial score (nSPS) is 18.4. The average Bonchev–Trinajstić information content (AvgIpc) is 2.83. The van der Waals surface area contributed by atoms with Gasteiger partial charge in [-0.25, -0.2) is 0 Å². The summed E-state index contributed by atoms with van der Waals surface area (Å²) in [5.41, 5.74) is 2.32. The number of halogens is 2. The molecule has 1 aromatic heterocycles. The SMILES string of the molecule is Clc1cc(NC2CCCc3occc32)ccc1Br. The fourth-order valence-corrected chi connectivity index (χ4v) is 2.85. The fraction of sp³-hybridized carbons (Fsp3) is 0.286. The van der Waals surface area contributed by atoms with Crippen molar-refractivity contribution in [3.8, 4) is 0 Å². The van der Waals surface area contributed by atoms with Crippen LogP contribution in [-0.2, 0) is 6.42 Å². The highest BCUT2D eigenvalue weighted by molar-refractivity contribution is 9.10. The summed E-state index contributed by atoms with van der Waals surface area (Å²) in [5, 5.41) is 4.25. The Hall–Kier alpha value is -0.930. The zero-order valence-corrected chi connectivity index (χ0v) is 12.1. The van der Waals surface area contributed by atoms with Gasteiger partial charge in [0.1, 0.15) is 5.76 Å².